The van der Waals surface area contributed by atoms with E-state index in [4.69, 9.17) is 0 Å². The molecule has 0 aliphatic heterocycles. The van der Waals surface area contributed by atoms with Crippen LogP contribution in [0, 0.1) is 19.7 Å². The van der Waals surface area contributed by atoms with E-state index >= 15 is 0 Å². The second kappa shape index (κ2) is 13.6. The molecule has 7 nitrogen and oxygen atoms in total. The summed E-state index contributed by atoms with van der Waals surface area (Å²) in [7, 11) is -3.88. The molecule has 1 N–H and O–H groups in total. The van der Waals surface area contributed by atoms with Gasteiger partial charge in [0.15, 0.2) is 0 Å². The van der Waals surface area contributed by atoms with Crippen LogP contribution < -0.4 is 9.62 Å². The normalized spacial score (nSPS) is 12.8. The second-order valence-electron chi connectivity index (χ2n) is 10.2. The predicted octanol–water partition coefficient (Wildman–Crippen LogP) is 4.76. The molecule has 3 aromatic rings. The first kappa shape index (κ1) is 30.8. The third-order valence-corrected chi connectivity index (χ3v) is 8.01. The summed E-state index contributed by atoms with van der Waals surface area (Å²) in [4.78, 5) is 29.1. The molecular formula is C31H38FN3O4S. The highest BCUT2D eigenvalue weighted by molar-refractivity contribution is 7.92. The van der Waals surface area contributed by atoms with Gasteiger partial charge in [-0.05, 0) is 56.0 Å². The Hall–Kier alpha value is -3.72. The highest BCUT2D eigenvalue weighted by atomic mass is 32.2. The predicted molar refractivity (Wildman–Crippen MR) is 157 cm³/mol. The summed E-state index contributed by atoms with van der Waals surface area (Å²) in [6, 6.07) is 19.5. The topological polar surface area (TPSA) is 86.8 Å². The minimum absolute atomic E-state index is 0.154. The molecule has 0 aliphatic carbocycles. The fraction of sp³-hybridized carbons (Fsp3) is 0.355. The summed E-state index contributed by atoms with van der Waals surface area (Å²) in [5.74, 6) is -1.52. The van der Waals surface area contributed by atoms with E-state index in [-0.39, 0.29) is 30.5 Å². The lowest BCUT2D eigenvalue weighted by atomic mass is 10.0. The third kappa shape index (κ3) is 8.14. The maximum atomic E-state index is 14.8. The van der Waals surface area contributed by atoms with Crippen molar-refractivity contribution in [3.63, 3.8) is 0 Å². The van der Waals surface area contributed by atoms with Crippen LogP contribution in [0.3, 0.4) is 0 Å². The van der Waals surface area contributed by atoms with E-state index in [1.165, 1.54) is 11.0 Å². The maximum absolute atomic E-state index is 14.8. The largest absolute Gasteiger partial charge is 0.352 e. The SMILES string of the molecule is CCC(C)NC(=O)C(Cc1ccccc1)N(Cc1ccccc1F)C(=O)CN(c1cc(C)ccc1C)S(C)(=O)=O. The van der Waals surface area contributed by atoms with Crippen LogP contribution >= 0.6 is 0 Å². The van der Waals surface area contributed by atoms with Crippen LogP contribution in [0.1, 0.15) is 42.5 Å². The van der Waals surface area contributed by atoms with E-state index in [0.717, 1.165) is 21.7 Å². The van der Waals surface area contributed by atoms with Crippen molar-refractivity contribution in [2.24, 2.45) is 0 Å². The molecule has 0 saturated heterocycles. The minimum Gasteiger partial charge on any atom is -0.352 e. The molecule has 0 heterocycles. The van der Waals surface area contributed by atoms with Crippen molar-refractivity contribution in [1.82, 2.24) is 10.2 Å². The zero-order chi connectivity index (χ0) is 29.4. The molecular weight excluding hydrogens is 529 g/mol. The molecule has 0 bridgehead atoms. The van der Waals surface area contributed by atoms with Crippen LogP contribution in [-0.4, -0.2) is 50.0 Å². The number of amides is 2. The summed E-state index contributed by atoms with van der Waals surface area (Å²) >= 11 is 0. The summed E-state index contributed by atoms with van der Waals surface area (Å²) in [6.45, 7) is 6.66. The Bertz CT molecular complexity index is 1430. The van der Waals surface area contributed by atoms with Crippen LogP contribution in [0.15, 0.2) is 72.8 Å². The molecule has 2 atom stereocenters. The van der Waals surface area contributed by atoms with Gasteiger partial charge < -0.3 is 10.2 Å². The average Bonchev–Trinajstić information content (AvgIpc) is 2.91. The van der Waals surface area contributed by atoms with Crippen LogP contribution in [0.4, 0.5) is 10.1 Å². The fourth-order valence-electron chi connectivity index (χ4n) is 4.39. The number of nitrogens with zero attached hydrogens (tertiary/aromatic N) is 2. The second-order valence-corrected chi connectivity index (χ2v) is 12.1. The molecule has 40 heavy (non-hydrogen) atoms. The van der Waals surface area contributed by atoms with Gasteiger partial charge in [0.1, 0.15) is 18.4 Å². The fourth-order valence-corrected chi connectivity index (χ4v) is 5.29. The van der Waals surface area contributed by atoms with Gasteiger partial charge in [0.25, 0.3) is 0 Å². The van der Waals surface area contributed by atoms with E-state index in [9.17, 15) is 22.4 Å². The molecule has 0 radical (unpaired) electrons. The van der Waals surface area contributed by atoms with Gasteiger partial charge in [-0.2, -0.15) is 0 Å². The Kier molecular flexibility index (Phi) is 10.5. The van der Waals surface area contributed by atoms with Gasteiger partial charge in [-0.1, -0.05) is 67.6 Å². The number of hydrogen-bond donors (Lipinski definition) is 1. The first-order valence-corrected chi connectivity index (χ1v) is 15.2. The number of carbonyl (C=O) groups is 2. The number of sulfonamides is 1. The Morgan fingerprint density at radius 3 is 2.25 bits per heavy atom. The van der Waals surface area contributed by atoms with Crippen LogP contribution in [0.2, 0.25) is 0 Å². The Balaban J connectivity index is 2.10. The lowest BCUT2D eigenvalue weighted by Crippen LogP contribution is -2.54. The zero-order valence-electron chi connectivity index (χ0n) is 23.7. The molecule has 2 amide bonds. The van der Waals surface area contributed by atoms with Gasteiger partial charge in [-0.15, -0.1) is 0 Å². The van der Waals surface area contributed by atoms with E-state index in [1.807, 2.05) is 57.2 Å². The smallest absolute Gasteiger partial charge is 0.244 e. The number of aryl methyl sites for hydroxylation is 2. The Morgan fingerprint density at radius 1 is 0.975 bits per heavy atom. The van der Waals surface area contributed by atoms with Gasteiger partial charge in [-0.3, -0.25) is 13.9 Å². The molecule has 3 aromatic carbocycles. The van der Waals surface area contributed by atoms with E-state index in [1.54, 1.807) is 37.3 Å². The average molecular weight is 568 g/mol. The highest BCUT2D eigenvalue weighted by Gasteiger charge is 2.34. The monoisotopic (exact) mass is 567 g/mol. The Labute approximate surface area is 237 Å². The van der Waals surface area contributed by atoms with Gasteiger partial charge in [-0.25, -0.2) is 12.8 Å². The van der Waals surface area contributed by atoms with Crippen molar-refractivity contribution in [2.45, 2.75) is 59.2 Å². The van der Waals surface area contributed by atoms with E-state index in [0.29, 0.717) is 17.7 Å². The highest BCUT2D eigenvalue weighted by Crippen LogP contribution is 2.25. The lowest BCUT2D eigenvalue weighted by Gasteiger charge is -2.34. The summed E-state index contributed by atoms with van der Waals surface area (Å²) in [5, 5.41) is 2.96. The molecule has 214 valence electrons. The van der Waals surface area contributed by atoms with E-state index in [2.05, 4.69) is 5.32 Å². The van der Waals surface area contributed by atoms with Crippen molar-refractivity contribution in [3.05, 3.63) is 101 Å². The lowest BCUT2D eigenvalue weighted by molar-refractivity contribution is -0.140. The summed E-state index contributed by atoms with van der Waals surface area (Å²) < 4.78 is 41.8. The molecule has 0 saturated carbocycles. The summed E-state index contributed by atoms with van der Waals surface area (Å²) in [6.07, 6.45) is 1.89. The molecule has 2 unspecified atom stereocenters. The minimum atomic E-state index is -3.88. The Morgan fingerprint density at radius 2 is 1.62 bits per heavy atom. The number of benzene rings is 3. The number of hydrogen-bond acceptors (Lipinski definition) is 4. The number of halogens is 1. The number of rotatable bonds is 12. The standard InChI is InChI=1S/C31H38FN3O4S/c1-6-24(4)33-31(37)29(19-25-12-8-7-9-13-25)34(20-26-14-10-11-15-27(26)32)30(36)21-35(40(5,38)39)28-18-22(2)16-17-23(28)3/h7-18,24,29H,6,19-21H2,1-5H3,(H,33,37). The zero-order valence-corrected chi connectivity index (χ0v) is 24.5. The molecule has 0 aromatic heterocycles. The number of anilines is 1. The van der Waals surface area contributed by atoms with Gasteiger partial charge >= 0.3 is 0 Å². The number of carbonyl (C=O) groups excluding carboxylic acids is 2. The molecule has 0 aliphatic rings. The van der Waals surface area contributed by atoms with E-state index < -0.39 is 34.3 Å². The van der Waals surface area contributed by atoms with Crippen LogP contribution in [0.5, 0.6) is 0 Å². The number of nitrogens with one attached hydrogen (secondary N) is 1. The van der Waals surface area contributed by atoms with Crippen LogP contribution in [0.25, 0.3) is 0 Å². The molecule has 0 fully saturated rings. The van der Waals surface area contributed by atoms with Gasteiger partial charge in [0.05, 0.1) is 11.9 Å². The van der Waals surface area contributed by atoms with Gasteiger partial charge in [0, 0.05) is 24.6 Å². The quantitative estimate of drug-likeness (QED) is 0.342. The van der Waals surface area contributed by atoms with Crippen molar-refractivity contribution in [3.8, 4) is 0 Å². The van der Waals surface area contributed by atoms with Crippen molar-refractivity contribution < 1.29 is 22.4 Å². The summed E-state index contributed by atoms with van der Waals surface area (Å²) in [5.41, 5.74) is 2.93. The van der Waals surface area contributed by atoms with Crippen molar-refractivity contribution >= 4 is 27.5 Å². The van der Waals surface area contributed by atoms with Crippen LogP contribution in [-0.2, 0) is 32.6 Å². The maximum Gasteiger partial charge on any atom is 0.244 e. The molecule has 0 spiro atoms. The molecule has 9 heteroatoms. The first-order valence-electron chi connectivity index (χ1n) is 13.3. The van der Waals surface area contributed by atoms with Gasteiger partial charge in [0.2, 0.25) is 21.8 Å². The van der Waals surface area contributed by atoms with Crippen molar-refractivity contribution in [1.29, 1.82) is 0 Å². The third-order valence-electron chi connectivity index (χ3n) is 6.88. The van der Waals surface area contributed by atoms with Crippen molar-refractivity contribution in [2.75, 3.05) is 17.1 Å². The first-order chi connectivity index (χ1) is 18.9. The molecule has 3 rings (SSSR count).